The van der Waals surface area contributed by atoms with Crippen LogP contribution in [0.2, 0.25) is 0 Å². The molecule has 0 heterocycles. The maximum atomic E-state index is 14.3. The molecule has 0 amide bonds. The Kier molecular flexibility index (Phi) is 4.46. The van der Waals surface area contributed by atoms with Gasteiger partial charge in [-0.05, 0) is 46.2 Å². The zero-order valence-corrected chi connectivity index (χ0v) is 14.7. The van der Waals surface area contributed by atoms with Gasteiger partial charge in [-0.1, -0.05) is 38.1 Å². The van der Waals surface area contributed by atoms with Crippen LogP contribution in [0.5, 0.6) is 0 Å². The second-order valence-corrected chi connectivity index (χ2v) is 7.13. The number of methoxy groups -OCH3 is 1. The van der Waals surface area contributed by atoms with Crippen molar-refractivity contribution in [3.8, 4) is 11.1 Å². The van der Waals surface area contributed by atoms with Gasteiger partial charge in [0.2, 0.25) is 0 Å². The van der Waals surface area contributed by atoms with Gasteiger partial charge in [0.1, 0.15) is 5.82 Å². The Balaban J connectivity index is 1.99. The van der Waals surface area contributed by atoms with Crippen molar-refractivity contribution in [3.63, 3.8) is 0 Å². The van der Waals surface area contributed by atoms with Gasteiger partial charge in [0.05, 0.1) is 13.5 Å². The highest BCUT2D eigenvalue weighted by atomic mass is 19.1. The number of rotatable bonds is 3. The summed E-state index contributed by atoms with van der Waals surface area (Å²) in [6, 6.07) is 10.5. The molecule has 0 radical (unpaired) electrons. The first-order valence-electron chi connectivity index (χ1n) is 8.35. The zero-order chi connectivity index (χ0) is 18.2. The Hall–Kier alpha value is -2.49. The second-order valence-electron chi connectivity index (χ2n) is 7.13. The summed E-state index contributed by atoms with van der Waals surface area (Å²) in [4.78, 5) is 23.5. The molecule has 130 valence electrons. The van der Waals surface area contributed by atoms with Gasteiger partial charge in [0.25, 0.3) is 0 Å². The number of carbonyl (C=O) groups is 2. The number of hydrogen-bond acceptors (Lipinski definition) is 3. The van der Waals surface area contributed by atoms with E-state index >= 15 is 0 Å². The SMILES string of the molecule is COC(=O)Cc1ccc(-c2ccc3c(c2)C(C)(C)CCC3=O)cc1F. The molecule has 0 aromatic heterocycles. The molecule has 0 atom stereocenters. The fourth-order valence-electron chi connectivity index (χ4n) is 3.32. The van der Waals surface area contributed by atoms with Crippen LogP contribution in [-0.2, 0) is 21.4 Å². The van der Waals surface area contributed by atoms with Gasteiger partial charge in [0, 0.05) is 12.0 Å². The lowest BCUT2D eigenvalue weighted by atomic mass is 9.71. The topological polar surface area (TPSA) is 43.4 Å². The number of ether oxygens (including phenoxy) is 1. The summed E-state index contributed by atoms with van der Waals surface area (Å²) in [5.74, 6) is -0.739. The van der Waals surface area contributed by atoms with Crippen LogP contribution in [0, 0.1) is 5.82 Å². The number of Topliss-reactive ketones (excluding diaryl/α,β-unsaturated/α-hetero) is 1. The number of ketones is 1. The van der Waals surface area contributed by atoms with Crippen LogP contribution in [-0.4, -0.2) is 18.9 Å². The Morgan fingerprint density at radius 2 is 1.84 bits per heavy atom. The summed E-state index contributed by atoms with van der Waals surface area (Å²) in [5.41, 5.74) is 3.60. The van der Waals surface area contributed by atoms with Crippen molar-refractivity contribution in [3.05, 3.63) is 58.9 Å². The third-order valence-electron chi connectivity index (χ3n) is 4.98. The van der Waals surface area contributed by atoms with E-state index in [9.17, 15) is 14.0 Å². The van der Waals surface area contributed by atoms with Crippen molar-refractivity contribution in [2.75, 3.05) is 7.11 Å². The summed E-state index contributed by atoms with van der Waals surface area (Å²) in [6.07, 6.45) is 1.29. The number of benzene rings is 2. The van der Waals surface area contributed by atoms with Crippen LogP contribution in [0.4, 0.5) is 4.39 Å². The third-order valence-corrected chi connectivity index (χ3v) is 4.98. The van der Waals surface area contributed by atoms with Crippen LogP contribution in [0.15, 0.2) is 36.4 Å². The lowest BCUT2D eigenvalue weighted by Crippen LogP contribution is -2.27. The minimum atomic E-state index is -0.472. The summed E-state index contributed by atoms with van der Waals surface area (Å²) in [5, 5.41) is 0. The molecule has 0 aliphatic heterocycles. The summed E-state index contributed by atoms with van der Waals surface area (Å²) >= 11 is 0. The molecule has 0 saturated heterocycles. The standard InChI is InChI=1S/C21H21FO3/c1-21(2)9-8-19(23)16-7-6-13(10-17(16)21)14-4-5-15(18(22)11-14)12-20(24)25-3/h4-7,10-11H,8-9,12H2,1-3H3. The third kappa shape index (κ3) is 3.34. The molecule has 0 unspecified atom stereocenters. The number of fused-ring (bicyclic) bond motifs is 1. The Morgan fingerprint density at radius 3 is 2.52 bits per heavy atom. The fourth-order valence-corrected chi connectivity index (χ4v) is 3.32. The molecule has 3 rings (SSSR count). The van der Waals surface area contributed by atoms with E-state index in [1.54, 1.807) is 12.1 Å². The maximum absolute atomic E-state index is 14.3. The average Bonchev–Trinajstić information content (AvgIpc) is 2.60. The lowest BCUT2D eigenvalue weighted by molar-refractivity contribution is -0.139. The molecular formula is C21H21FO3. The van der Waals surface area contributed by atoms with Crippen LogP contribution >= 0.6 is 0 Å². The van der Waals surface area contributed by atoms with E-state index in [0.717, 1.165) is 28.7 Å². The van der Waals surface area contributed by atoms with Crippen molar-refractivity contribution in [1.82, 2.24) is 0 Å². The first-order chi connectivity index (χ1) is 11.8. The van der Waals surface area contributed by atoms with Gasteiger partial charge in [-0.2, -0.15) is 0 Å². The van der Waals surface area contributed by atoms with Gasteiger partial charge in [-0.25, -0.2) is 4.39 Å². The molecular weight excluding hydrogens is 319 g/mol. The van der Waals surface area contributed by atoms with E-state index in [2.05, 4.69) is 18.6 Å². The monoisotopic (exact) mass is 340 g/mol. The molecule has 2 aromatic carbocycles. The summed E-state index contributed by atoms with van der Waals surface area (Å²) < 4.78 is 18.9. The van der Waals surface area contributed by atoms with Crippen LogP contribution in [0.3, 0.4) is 0 Å². The van der Waals surface area contributed by atoms with E-state index in [0.29, 0.717) is 12.0 Å². The van der Waals surface area contributed by atoms with Crippen LogP contribution in [0.25, 0.3) is 11.1 Å². The largest absolute Gasteiger partial charge is 0.469 e. The molecule has 1 aliphatic rings. The first kappa shape index (κ1) is 17.3. The van der Waals surface area contributed by atoms with Gasteiger partial charge in [-0.15, -0.1) is 0 Å². The van der Waals surface area contributed by atoms with E-state index in [-0.39, 0.29) is 17.6 Å². The van der Waals surface area contributed by atoms with Crippen LogP contribution in [0.1, 0.15) is 48.2 Å². The zero-order valence-electron chi connectivity index (χ0n) is 14.7. The highest BCUT2D eigenvalue weighted by molar-refractivity contribution is 5.99. The van der Waals surface area contributed by atoms with Crippen LogP contribution < -0.4 is 0 Å². The molecule has 2 aromatic rings. The number of hydrogen-bond donors (Lipinski definition) is 0. The van der Waals surface area contributed by atoms with E-state index in [1.807, 2.05) is 18.2 Å². The highest BCUT2D eigenvalue weighted by Crippen LogP contribution is 2.38. The van der Waals surface area contributed by atoms with E-state index in [1.165, 1.54) is 13.2 Å². The van der Waals surface area contributed by atoms with Gasteiger partial charge in [-0.3, -0.25) is 9.59 Å². The molecule has 0 spiro atoms. The normalized spacial score (nSPS) is 15.6. The Labute approximate surface area is 146 Å². The van der Waals surface area contributed by atoms with Crippen molar-refractivity contribution in [2.24, 2.45) is 0 Å². The molecule has 25 heavy (non-hydrogen) atoms. The minimum Gasteiger partial charge on any atom is -0.469 e. The predicted molar refractivity (Wildman–Crippen MR) is 94.1 cm³/mol. The second kappa shape index (κ2) is 6.43. The lowest BCUT2D eigenvalue weighted by Gasteiger charge is -2.32. The smallest absolute Gasteiger partial charge is 0.310 e. The Morgan fingerprint density at radius 1 is 1.16 bits per heavy atom. The molecule has 0 fully saturated rings. The number of halogens is 1. The summed E-state index contributed by atoms with van der Waals surface area (Å²) in [6.45, 7) is 4.25. The van der Waals surface area contributed by atoms with E-state index in [4.69, 9.17) is 0 Å². The molecule has 0 bridgehead atoms. The quantitative estimate of drug-likeness (QED) is 0.775. The molecule has 0 N–H and O–H groups in total. The van der Waals surface area contributed by atoms with Crippen molar-refractivity contribution in [2.45, 2.75) is 38.5 Å². The maximum Gasteiger partial charge on any atom is 0.310 e. The number of carbonyl (C=O) groups excluding carboxylic acids is 2. The molecule has 4 heteroatoms. The average molecular weight is 340 g/mol. The first-order valence-corrected chi connectivity index (χ1v) is 8.35. The molecule has 3 nitrogen and oxygen atoms in total. The number of esters is 1. The van der Waals surface area contributed by atoms with Gasteiger partial charge >= 0.3 is 5.97 Å². The summed E-state index contributed by atoms with van der Waals surface area (Å²) in [7, 11) is 1.28. The van der Waals surface area contributed by atoms with Gasteiger partial charge in [0.15, 0.2) is 5.78 Å². The molecule has 1 aliphatic carbocycles. The van der Waals surface area contributed by atoms with Crippen molar-refractivity contribution < 1.29 is 18.7 Å². The fraction of sp³-hybridized carbons (Fsp3) is 0.333. The highest BCUT2D eigenvalue weighted by Gasteiger charge is 2.31. The Bertz CT molecular complexity index is 852. The van der Waals surface area contributed by atoms with E-state index < -0.39 is 11.8 Å². The minimum absolute atomic E-state index is 0.0807. The van der Waals surface area contributed by atoms with Crippen molar-refractivity contribution >= 4 is 11.8 Å². The predicted octanol–water partition coefficient (Wildman–Crippen LogP) is 4.46. The van der Waals surface area contributed by atoms with Gasteiger partial charge < -0.3 is 4.74 Å². The van der Waals surface area contributed by atoms with Crippen molar-refractivity contribution in [1.29, 1.82) is 0 Å². The molecule has 0 saturated carbocycles.